The zero-order chi connectivity index (χ0) is 14.4. The molecule has 6 heteroatoms. The van der Waals surface area contributed by atoms with Crippen LogP contribution in [-0.4, -0.2) is 35.9 Å². The lowest BCUT2D eigenvalue weighted by Gasteiger charge is -2.07. The van der Waals surface area contributed by atoms with Gasteiger partial charge in [-0.05, 0) is 19.9 Å². The highest BCUT2D eigenvalue weighted by Crippen LogP contribution is 2.17. The van der Waals surface area contributed by atoms with Crippen molar-refractivity contribution in [1.29, 1.82) is 0 Å². The maximum absolute atomic E-state index is 13.2. The maximum atomic E-state index is 13.2. The third-order valence-corrected chi connectivity index (χ3v) is 3.04. The quantitative estimate of drug-likeness (QED) is 0.756. The van der Waals surface area contributed by atoms with Crippen molar-refractivity contribution in [3.8, 4) is 0 Å². The summed E-state index contributed by atoms with van der Waals surface area (Å²) in [5.41, 5.74) is 1.08. The Balaban J connectivity index is 1.83. The number of nitrogens with zero attached hydrogens (tertiary/aromatic N) is 2. The van der Waals surface area contributed by atoms with Gasteiger partial charge in [-0.15, -0.1) is 0 Å². The molecule has 0 spiro atoms. The zero-order valence-electron chi connectivity index (χ0n) is 11.5. The van der Waals surface area contributed by atoms with E-state index in [9.17, 15) is 8.78 Å². The highest BCUT2D eigenvalue weighted by molar-refractivity contribution is 5.75. The molecule has 1 aromatic heterocycles. The summed E-state index contributed by atoms with van der Waals surface area (Å²) in [5.74, 6) is -1.71. The molecule has 0 radical (unpaired) electrons. The van der Waals surface area contributed by atoms with Gasteiger partial charge in [0, 0.05) is 38.4 Å². The summed E-state index contributed by atoms with van der Waals surface area (Å²) in [4.78, 5) is 4.07. The molecule has 0 aliphatic heterocycles. The summed E-state index contributed by atoms with van der Waals surface area (Å²) in [6.07, 6.45) is 2.56. The summed E-state index contributed by atoms with van der Waals surface area (Å²) in [7, 11) is 0. The highest BCUT2D eigenvalue weighted by Gasteiger charge is 2.08. The Kier molecular flexibility index (Phi) is 5.43. The van der Waals surface area contributed by atoms with Crippen molar-refractivity contribution >= 4 is 11.0 Å². The van der Waals surface area contributed by atoms with E-state index in [4.69, 9.17) is 4.74 Å². The normalized spacial score (nSPS) is 11.3. The summed E-state index contributed by atoms with van der Waals surface area (Å²) in [6.45, 7) is 5.74. The van der Waals surface area contributed by atoms with Crippen molar-refractivity contribution in [2.24, 2.45) is 0 Å². The van der Waals surface area contributed by atoms with Crippen molar-refractivity contribution in [2.75, 3.05) is 26.3 Å². The van der Waals surface area contributed by atoms with Crippen molar-refractivity contribution in [1.82, 2.24) is 14.9 Å². The lowest BCUT2D eigenvalue weighted by Crippen LogP contribution is -2.21. The Bertz CT molecular complexity index is 557. The van der Waals surface area contributed by atoms with E-state index >= 15 is 0 Å². The molecule has 110 valence electrons. The van der Waals surface area contributed by atoms with Gasteiger partial charge in [0.1, 0.15) is 0 Å². The van der Waals surface area contributed by atoms with E-state index in [0.29, 0.717) is 17.6 Å². The van der Waals surface area contributed by atoms with Crippen molar-refractivity contribution in [2.45, 2.75) is 19.9 Å². The number of hydrogen-bond donors (Lipinski definition) is 1. The first kappa shape index (κ1) is 14.9. The largest absolute Gasteiger partial charge is 0.382 e. The molecule has 1 N–H and O–H groups in total. The van der Waals surface area contributed by atoms with Crippen LogP contribution in [0.2, 0.25) is 0 Å². The van der Waals surface area contributed by atoms with E-state index in [2.05, 4.69) is 10.3 Å². The Morgan fingerprint density at radius 2 is 2.05 bits per heavy atom. The molecular weight excluding hydrogens is 264 g/mol. The molecule has 20 heavy (non-hydrogen) atoms. The van der Waals surface area contributed by atoms with Gasteiger partial charge in [0.25, 0.3) is 0 Å². The third-order valence-electron chi connectivity index (χ3n) is 3.04. The molecule has 0 aliphatic rings. The van der Waals surface area contributed by atoms with Gasteiger partial charge in [-0.2, -0.15) is 0 Å². The predicted molar refractivity (Wildman–Crippen MR) is 73.6 cm³/mol. The fourth-order valence-corrected chi connectivity index (χ4v) is 2.00. The lowest BCUT2D eigenvalue weighted by atomic mass is 10.3. The summed E-state index contributed by atoms with van der Waals surface area (Å²) >= 11 is 0. The van der Waals surface area contributed by atoms with Gasteiger partial charge < -0.3 is 14.6 Å². The molecule has 0 atom stereocenters. The summed E-state index contributed by atoms with van der Waals surface area (Å²) < 4.78 is 33.3. The second kappa shape index (κ2) is 7.31. The summed E-state index contributed by atoms with van der Waals surface area (Å²) in [6, 6.07) is 2.31. The van der Waals surface area contributed by atoms with Crippen molar-refractivity contribution in [3.63, 3.8) is 0 Å². The number of aromatic nitrogens is 2. The first-order valence-corrected chi connectivity index (χ1v) is 6.80. The van der Waals surface area contributed by atoms with Crippen molar-refractivity contribution < 1.29 is 13.5 Å². The molecule has 0 aliphatic carbocycles. The molecule has 4 nitrogen and oxygen atoms in total. The Hall–Kier alpha value is -1.53. The van der Waals surface area contributed by atoms with Crippen LogP contribution in [0.5, 0.6) is 0 Å². The number of ether oxygens (including phenoxy) is 1. The van der Waals surface area contributed by atoms with Gasteiger partial charge >= 0.3 is 0 Å². The standard InChI is InChI=1S/C14H19F2N3O/c1-2-20-7-3-4-17-5-6-19-10-18-13-8-11(15)12(16)9-14(13)19/h8-10,17H,2-7H2,1H3. The molecule has 1 heterocycles. The van der Waals surface area contributed by atoms with Crippen LogP contribution in [0.4, 0.5) is 8.78 Å². The molecule has 1 aromatic carbocycles. The van der Waals surface area contributed by atoms with Gasteiger partial charge in [-0.25, -0.2) is 13.8 Å². The van der Waals surface area contributed by atoms with E-state index in [1.165, 1.54) is 6.07 Å². The van der Waals surface area contributed by atoms with Crippen LogP contribution < -0.4 is 5.32 Å². The number of fused-ring (bicyclic) bond motifs is 1. The number of rotatable bonds is 8. The molecule has 0 unspecified atom stereocenters. The maximum Gasteiger partial charge on any atom is 0.161 e. The van der Waals surface area contributed by atoms with E-state index in [0.717, 1.165) is 38.8 Å². The zero-order valence-corrected chi connectivity index (χ0v) is 11.5. The van der Waals surface area contributed by atoms with E-state index < -0.39 is 11.6 Å². The van der Waals surface area contributed by atoms with Crippen LogP contribution >= 0.6 is 0 Å². The monoisotopic (exact) mass is 283 g/mol. The van der Waals surface area contributed by atoms with Crippen LogP contribution in [0.15, 0.2) is 18.5 Å². The first-order chi connectivity index (χ1) is 9.72. The molecule has 0 saturated heterocycles. The van der Waals surface area contributed by atoms with Gasteiger partial charge in [0.15, 0.2) is 11.6 Å². The minimum Gasteiger partial charge on any atom is -0.382 e. The van der Waals surface area contributed by atoms with Crippen LogP contribution in [-0.2, 0) is 11.3 Å². The van der Waals surface area contributed by atoms with E-state index in [-0.39, 0.29) is 0 Å². The summed E-state index contributed by atoms with van der Waals surface area (Å²) in [5, 5.41) is 3.28. The smallest absolute Gasteiger partial charge is 0.161 e. The van der Waals surface area contributed by atoms with Gasteiger partial charge in [-0.3, -0.25) is 0 Å². The predicted octanol–water partition coefficient (Wildman–Crippen LogP) is 2.33. The van der Waals surface area contributed by atoms with Crippen LogP contribution in [0.25, 0.3) is 11.0 Å². The lowest BCUT2D eigenvalue weighted by molar-refractivity contribution is 0.145. The Labute approximate surface area is 116 Å². The van der Waals surface area contributed by atoms with Gasteiger partial charge in [0.2, 0.25) is 0 Å². The number of imidazole rings is 1. The second-order valence-corrected chi connectivity index (χ2v) is 4.49. The fraction of sp³-hybridized carbons (Fsp3) is 0.500. The second-order valence-electron chi connectivity index (χ2n) is 4.49. The number of halogens is 2. The van der Waals surface area contributed by atoms with Crippen LogP contribution in [0.1, 0.15) is 13.3 Å². The third kappa shape index (κ3) is 3.74. The minimum atomic E-state index is -0.864. The number of hydrogen-bond acceptors (Lipinski definition) is 3. The SMILES string of the molecule is CCOCCCNCCn1cnc2cc(F)c(F)cc21. The average molecular weight is 283 g/mol. The van der Waals surface area contributed by atoms with Crippen LogP contribution in [0.3, 0.4) is 0 Å². The number of benzene rings is 1. The Morgan fingerprint density at radius 1 is 1.25 bits per heavy atom. The van der Waals surface area contributed by atoms with Gasteiger partial charge in [-0.1, -0.05) is 0 Å². The molecule has 0 bridgehead atoms. The average Bonchev–Trinajstić information content (AvgIpc) is 2.81. The molecular formula is C14H19F2N3O. The molecule has 2 rings (SSSR count). The van der Waals surface area contributed by atoms with Crippen molar-refractivity contribution in [3.05, 3.63) is 30.1 Å². The van der Waals surface area contributed by atoms with E-state index in [1.54, 1.807) is 6.33 Å². The fourth-order valence-electron chi connectivity index (χ4n) is 2.00. The highest BCUT2D eigenvalue weighted by atomic mass is 19.2. The Morgan fingerprint density at radius 3 is 2.85 bits per heavy atom. The van der Waals surface area contributed by atoms with Gasteiger partial charge in [0.05, 0.1) is 17.4 Å². The van der Waals surface area contributed by atoms with Crippen LogP contribution in [0, 0.1) is 11.6 Å². The molecule has 0 fully saturated rings. The topological polar surface area (TPSA) is 39.1 Å². The number of nitrogens with one attached hydrogen (secondary N) is 1. The molecule has 2 aromatic rings. The molecule has 0 amide bonds. The van der Waals surface area contributed by atoms with E-state index in [1.807, 2.05) is 11.5 Å². The first-order valence-electron chi connectivity index (χ1n) is 6.80. The molecule has 0 saturated carbocycles. The minimum absolute atomic E-state index is 0.472.